The Labute approximate surface area is 107 Å². The quantitative estimate of drug-likeness (QED) is 0.760. The predicted octanol–water partition coefficient (Wildman–Crippen LogP) is 2.13. The van der Waals surface area contributed by atoms with Crippen molar-refractivity contribution in [2.45, 2.75) is 32.4 Å². The van der Waals surface area contributed by atoms with E-state index in [1.54, 1.807) is 18.2 Å². The summed E-state index contributed by atoms with van der Waals surface area (Å²) in [7, 11) is 0. The van der Waals surface area contributed by atoms with Gasteiger partial charge in [-0.2, -0.15) is 5.26 Å². The van der Waals surface area contributed by atoms with Gasteiger partial charge < -0.3 is 16.4 Å². The van der Waals surface area contributed by atoms with E-state index < -0.39 is 0 Å². The summed E-state index contributed by atoms with van der Waals surface area (Å²) in [5, 5.41) is 14.1. The molecule has 4 N–H and O–H groups in total. The number of nitrogens with two attached hydrogens (primary N) is 1. The summed E-state index contributed by atoms with van der Waals surface area (Å²) in [4.78, 5) is 11.5. The summed E-state index contributed by atoms with van der Waals surface area (Å²) >= 11 is 0. The van der Waals surface area contributed by atoms with Crippen LogP contribution in [-0.4, -0.2) is 12.1 Å². The van der Waals surface area contributed by atoms with Gasteiger partial charge in [0, 0.05) is 17.8 Å². The number of carbonyl (C=O) groups excluding carboxylic acids is 1. The molecule has 1 rings (SSSR count). The number of nitriles is 1. The number of hydrogen-bond acceptors (Lipinski definition) is 3. The van der Waals surface area contributed by atoms with Crippen LogP contribution in [0.25, 0.3) is 0 Å². The van der Waals surface area contributed by atoms with Gasteiger partial charge in [-0.3, -0.25) is 0 Å². The molecule has 5 nitrogen and oxygen atoms in total. The molecule has 0 bridgehead atoms. The molecule has 2 amide bonds. The van der Waals surface area contributed by atoms with Crippen molar-refractivity contribution in [3.05, 3.63) is 29.8 Å². The monoisotopic (exact) mass is 246 g/mol. The van der Waals surface area contributed by atoms with Crippen LogP contribution in [0.2, 0.25) is 0 Å². The van der Waals surface area contributed by atoms with E-state index in [1.807, 2.05) is 26.0 Å². The molecule has 5 heteroatoms. The molecule has 0 aliphatic carbocycles. The minimum Gasteiger partial charge on any atom is -0.336 e. The van der Waals surface area contributed by atoms with Crippen LogP contribution in [0.3, 0.4) is 0 Å². The Morgan fingerprint density at radius 1 is 1.50 bits per heavy atom. The van der Waals surface area contributed by atoms with Crippen LogP contribution in [0.1, 0.15) is 31.9 Å². The second-order valence-electron chi connectivity index (χ2n) is 4.35. The molecule has 0 heterocycles. The summed E-state index contributed by atoms with van der Waals surface area (Å²) in [6, 6.07) is 8.73. The van der Waals surface area contributed by atoms with Crippen molar-refractivity contribution in [2.24, 2.45) is 5.73 Å². The molecule has 0 aliphatic rings. The van der Waals surface area contributed by atoms with E-state index in [0.29, 0.717) is 5.69 Å². The van der Waals surface area contributed by atoms with Crippen molar-refractivity contribution in [1.82, 2.24) is 5.32 Å². The molecule has 0 radical (unpaired) electrons. The molecule has 1 aromatic rings. The summed E-state index contributed by atoms with van der Waals surface area (Å²) in [5.74, 6) is 0. The number of rotatable bonds is 4. The van der Waals surface area contributed by atoms with E-state index in [9.17, 15) is 4.79 Å². The first kappa shape index (κ1) is 14.0. The van der Waals surface area contributed by atoms with Crippen LogP contribution in [0.15, 0.2) is 24.3 Å². The minimum atomic E-state index is -0.329. The van der Waals surface area contributed by atoms with Gasteiger partial charge in [0.05, 0.1) is 12.5 Å². The average Bonchev–Trinajstić information content (AvgIpc) is 2.28. The molecule has 0 fully saturated rings. The van der Waals surface area contributed by atoms with Gasteiger partial charge in [0.25, 0.3) is 0 Å². The lowest BCUT2D eigenvalue weighted by molar-refractivity contribution is 0.250. The Bertz CT molecular complexity index is 451. The normalized spacial score (nSPS) is 11.7. The van der Waals surface area contributed by atoms with Crippen LogP contribution >= 0.6 is 0 Å². The van der Waals surface area contributed by atoms with Crippen LogP contribution in [0, 0.1) is 11.3 Å². The van der Waals surface area contributed by atoms with Gasteiger partial charge in [-0.1, -0.05) is 12.1 Å². The average molecular weight is 246 g/mol. The fraction of sp³-hybridized carbons (Fsp3) is 0.385. The van der Waals surface area contributed by atoms with Crippen molar-refractivity contribution in [3.63, 3.8) is 0 Å². The summed E-state index contributed by atoms with van der Waals surface area (Å²) < 4.78 is 0. The standard InChI is InChI=1S/C13H18N4O/c1-9(2)16-13(18)17-11-5-3-4-10(8-11)12(15)6-7-14/h3-5,8-9,12H,6,15H2,1-2H3,(H2,16,17,18). The highest BCUT2D eigenvalue weighted by Gasteiger charge is 2.07. The highest BCUT2D eigenvalue weighted by molar-refractivity contribution is 5.89. The number of benzene rings is 1. The lowest BCUT2D eigenvalue weighted by atomic mass is 10.0. The SMILES string of the molecule is CC(C)NC(=O)Nc1cccc(C(N)CC#N)c1. The van der Waals surface area contributed by atoms with E-state index in [1.165, 1.54) is 0 Å². The maximum absolute atomic E-state index is 11.5. The third-order valence-corrected chi connectivity index (χ3v) is 2.30. The molecule has 1 aromatic carbocycles. The summed E-state index contributed by atoms with van der Waals surface area (Å²) in [6.45, 7) is 3.78. The van der Waals surface area contributed by atoms with E-state index in [0.717, 1.165) is 5.56 Å². The Hall–Kier alpha value is -2.06. The first-order chi connectivity index (χ1) is 8.52. The zero-order valence-electron chi connectivity index (χ0n) is 10.6. The smallest absolute Gasteiger partial charge is 0.319 e. The maximum atomic E-state index is 11.5. The van der Waals surface area contributed by atoms with Gasteiger partial charge in [0.15, 0.2) is 0 Å². The van der Waals surface area contributed by atoms with E-state index in [2.05, 4.69) is 10.6 Å². The molecule has 0 spiro atoms. The van der Waals surface area contributed by atoms with Crippen molar-refractivity contribution < 1.29 is 4.79 Å². The lowest BCUT2D eigenvalue weighted by Crippen LogP contribution is -2.34. The molecule has 0 saturated heterocycles. The largest absolute Gasteiger partial charge is 0.336 e. The van der Waals surface area contributed by atoms with Crippen molar-refractivity contribution >= 4 is 11.7 Å². The first-order valence-electron chi connectivity index (χ1n) is 5.83. The van der Waals surface area contributed by atoms with Crippen LogP contribution in [0.5, 0.6) is 0 Å². The fourth-order valence-electron chi connectivity index (χ4n) is 1.49. The Morgan fingerprint density at radius 2 is 2.22 bits per heavy atom. The fourth-order valence-corrected chi connectivity index (χ4v) is 1.49. The van der Waals surface area contributed by atoms with Gasteiger partial charge in [-0.15, -0.1) is 0 Å². The van der Waals surface area contributed by atoms with Crippen LogP contribution in [-0.2, 0) is 0 Å². The number of urea groups is 1. The van der Waals surface area contributed by atoms with Gasteiger partial charge in [-0.05, 0) is 31.5 Å². The Morgan fingerprint density at radius 3 is 2.83 bits per heavy atom. The third kappa shape index (κ3) is 4.44. The molecule has 0 aliphatic heterocycles. The highest BCUT2D eigenvalue weighted by atomic mass is 16.2. The minimum absolute atomic E-state index is 0.0778. The molecular formula is C13H18N4O. The topological polar surface area (TPSA) is 90.9 Å². The third-order valence-electron chi connectivity index (χ3n) is 2.30. The molecule has 1 unspecified atom stereocenters. The van der Waals surface area contributed by atoms with E-state index in [-0.39, 0.29) is 24.5 Å². The number of amides is 2. The number of nitrogens with zero attached hydrogens (tertiary/aromatic N) is 1. The molecule has 96 valence electrons. The van der Waals surface area contributed by atoms with Crippen LogP contribution < -0.4 is 16.4 Å². The second-order valence-corrected chi connectivity index (χ2v) is 4.35. The first-order valence-corrected chi connectivity index (χ1v) is 5.83. The van der Waals surface area contributed by atoms with E-state index in [4.69, 9.17) is 11.0 Å². The second kappa shape index (κ2) is 6.62. The molecular weight excluding hydrogens is 228 g/mol. The Balaban J connectivity index is 2.71. The van der Waals surface area contributed by atoms with Gasteiger partial charge in [0.1, 0.15) is 0 Å². The molecule has 0 saturated carbocycles. The highest BCUT2D eigenvalue weighted by Crippen LogP contribution is 2.17. The van der Waals surface area contributed by atoms with Crippen LogP contribution in [0.4, 0.5) is 10.5 Å². The zero-order valence-corrected chi connectivity index (χ0v) is 10.6. The predicted molar refractivity (Wildman–Crippen MR) is 70.9 cm³/mol. The number of hydrogen-bond donors (Lipinski definition) is 3. The zero-order chi connectivity index (χ0) is 13.5. The van der Waals surface area contributed by atoms with E-state index >= 15 is 0 Å². The summed E-state index contributed by atoms with van der Waals surface area (Å²) in [6.07, 6.45) is 0.252. The van der Waals surface area contributed by atoms with Gasteiger partial charge in [-0.25, -0.2) is 4.79 Å². The molecule has 18 heavy (non-hydrogen) atoms. The van der Waals surface area contributed by atoms with Gasteiger partial charge in [0.2, 0.25) is 0 Å². The van der Waals surface area contributed by atoms with Crippen molar-refractivity contribution in [2.75, 3.05) is 5.32 Å². The summed E-state index contributed by atoms with van der Waals surface area (Å²) in [5.41, 5.74) is 7.33. The number of nitrogens with one attached hydrogen (secondary N) is 2. The maximum Gasteiger partial charge on any atom is 0.319 e. The molecule has 1 atom stereocenters. The van der Waals surface area contributed by atoms with Crippen molar-refractivity contribution in [3.8, 4) is 6.07 Å². The Kier molecular flexibility index (Phi) is 5.15. The number of carbonyl (C=O) groups is 1. The number of anilines is 1. The van der Waals surface area contributed by atoms with Gasteiger partial charge >= 0.3 is 6.03 Å². The molecule has 0 aromatic heterocycles. The van der Waals surface area contributed by atoms with Crippen molar-refractivity contribution in [1.29, 1.82) is 5.26 Å². The lowest BCUT2D eigenvalue weighted by Gasteiger charge is -2.12.